The van der Waals surface area contributed by atoms with Gasteiger partial charge in [0.15, 0.2) is 0 Å². The molecule has 1 unspecified atom stereocenters. The number of benzene rings is 1. The van der Waals surface area contributed by atoms with Crippen molar-refractivity contribution in [3.05, 3.63) is 46.8 Å². The number of nitrogens with one attached hydrogen (secondary N) is 1. The highest BCUT2D eigenvalue weighted by Gasteiger charge is 2.20. The zero-order valence-electron chi connectivity index (χ0n) is 14.4. The first-order valence-corrected chi connectivity index (χ1v) is 9.07. The summed E-state index contributed by atoms with van der Waals surface area (Å²) in [6.07, 6.45) is 2.98. The third-order valence-electron chi connectivity index (χ3n) is 3.54. The Morgan fingerprint density at radius 1 is 1.38 bits per heavy atom. The monoisotopic (exact) mass is 392 g/mol. The van der Waals surface area contributed by atoms with Crippen LogP contribution in [-0.4, -0.2) is 36.1 Å². The van der Waals surface area contributed by atoms with Crippen molar-refractivity contribution in [2.45, 2.75) is 37.8 Å². The van der Waals surface area contributed by atoms with Gasteiger partial charge in [0.1, 0.15) is 19.2 Å². The molecule has 1 atom stereocenters. The molecule has 2 heterocycles. The SMILES string of the molecule is Cc1cc(C)c(NC(=O)C(C)Sc2nnc(Cn3cncn3)o2)c(Cl)c1. The molecule has 3 rings (SSSR count). The number of nitrogens with zero attached hydrogens (tertiary/aromatic N) is 5. The van der Waals surface area contributed by atoms with Crippen molar-refractivity contribution >= 4 is 35.0 Å². The van der Waals surface area contributed by atoms with Crippen molar-refractivity contribution in [2.24, 2.45) is 0 Å². The van der Waals surface area contributed by atoms with Gasteiger partial charge in [-0.25, -0.2) is 9.67 Å². The Morgan fingerprint density at radius 3 is 2.88 bits per heavy atom. The number of carbonyl (C=O) groups excluding carboxylic acids is 1. The summed E-state index contributed by atoms with van der Waals surface area (Å²) in [4.78, 5) is 16.3. The average molecular weight is 393 g/mol. The molecular weight excluding hydrogens is 376 g/mol. The summed E-state index contributed by atoms with van der Waals surface area (Å²) < 4.78 is 7.11. The van der Waals surface area contributed by atoms with Gasteiger partial charge in [0, 0.05) is 0 Å². The van der Waals surface area contributed by atoms with E-state index >= 15 is 0 Å². The fourth-order valence-electron chi connectivity index (χ4n) is 2.31. The molecule has 0 aliphatic rings. The summed E-state index contributed by atoms with van der Waals surface area (Å²) >= 11 is 7.42. The van der Waals surface area contributed by atoms with Crippen LogP contribution in [0.1, 0.15) is 23.9 Å². The molecule has 0 bridgehead atoms. The highest BCUT2D eigenvalue weighted by Crippen LogP contribution is 2.29. The van der Waals surface area contributed by atoms with Gasteiger partial charge in [0.25, 0.3) is 5.22 Å². The summed E-state index contributed by atoms with van der Waals surface area (Å²) in [5.41, 5.74) is 2.57. The Morgan fingerprint density at radius 2 is 2.19 bits per heavy atom. The maximum Gasteiger partial charge on any atom is 0.277 e. The van der Waals surface area contributed by atoms with Crippen LogP contribution in [0.4, 0.5) is 5.69 Å². The molecule has 0 saturated carbocycles. The Bertz CT molecular complexity index is 888. The minimum Gasteiger partial charge on any atom is -0.414 e. The van der Waals surface area contributed by atoms with E-state index in [0.717, 1.165) is 11.1 Å². The molecule has 3 aromatic rings. The largest absolute Gasteiger partial charge is 0.414 e. The van der Waals surface area contributed by atoms with Gasteiger partial charge >= 0.3 is 0 Å². The van der Waals surface area contributed by atoms with Crippen molar-refractivity contribution in [3.63, 3.8) is 0 Å². The molecule has 1 N–H and O–H groups in total. The van der Waals surface area contributed by atoms with Crippen LogP contribution in [0.15, 0.2) is 34.4 Å². The first-order valence-electron chi connectivity index (χ1n) is 7.81. The summed E-state index contributed by atoms with van der Waals surface area (Å²) in [7, 11) is 0. The number of thioether (sulfide) groups is 1. The molecule has 1 aromatic carbocycles. The molecule has 26 heavy (non-hydrogen) atoms. The van der Waals surface area contributed by atoms with Gasteiger partial charge in [-0.1, -0.05) is 29.4 Å². The van der Waals surface area contributed by atoms with Crippen LogP contribution >= 0.6 is 23.4 Å². The lowest BCUT2D eigenvalue weighted by atomic mass is 10.1. The molecule has 0 saturated heterocycles. The van der Waals surface area contributed by atoms with E-state index in [1.165, 1.54) is 18.1 Å². The average Bonchev–Trinajstić information content (AvgIpc) is 3.23. The number of amides is 1. The number of hydrogen-bond donors (Lipinski definition) is 1. The number of hydrogen-bond acceptors (Lipinski definition) is 7. The lowest BCUT2D eigenvalue weighted by Crippen LogP contribution is -2.23. The fourth-order valence-corrected chi connectivity index (χ4v) is 3.38. The highest BCUT2D eigenvalue weighted by molar-refractivity contribution is 8.00. The van der Waals surface area contributed by atoms with Gasteiger partial charge in [-0.05, 0) is 38.0 Å². The van der Waals surface area contributed by atoms with Crippen LogP contribution in [0.3, 0.4) is 0 Å². The molecule has 0 aliphatic heterocycles. The third kappa shape index (κ3) is 4.41. The van der Waals surface area contributed by atoms with Crippen LogP contribution in [0.2, 0.25) is 5.02 Å². The Hall–Kier alpha value is -2.39. The summed E-state index contributed by atoms with van der Waals surface area (Å²) in [5.74, 6) is 0.197. The van der Waals surface area contributed by atoms with E-state index in [0.29, 0.717) is 28.4 Å². The second-order valence-electron chi connectivity index (χ2n) is 5.74. The van der Waals surface area contributed by atoms with Crippen LogP contribution in [0.5, 0.6) is 0 Å². The minimum atomic E-state index is -0.438. The van der Waals surface area contributed by atoms with E-state index < -0.39 is 5.25 Å². The van der Waals surface area contributed by atoms with E-state index in [4.69, 9.17) is 16.0 Å². The topological polar surface area (TPSA) is 98.7 Å². The zero-order valence-corrected chi connectivity index (χ0v) is 16.0. The van der Waals surface area contributed by atoms with Crippen molar-refractivity contribution in [1.82, 2.24) is 25.0 Å². The van der Waals surface area contributed by atoms with Crippen molar-refractivity contribution in [1.29, 1.82) is 0 Å². The molecule has 8 nitrogen and oxygen atoms in total. The molecule has 136 valence electrons. The van der Waals surface area contributed by atoms with Crippen LogP contribution in [0.25, 0.3) is 0 Å². The van der Waals surface area contributed by atoms with E-state index in [2.05, 4.69) is 25.6 Å². The Balaban J connectivity index is 1.62. The number of rotatable bonds is 6. The number of aryl methyl sites for hydroxylation is 2. The van der Waals surface area contributed by atoms with Gasteiger partial charge < -0.3 is 9.73 Å². The maximum absolute atomic E-state index is 12.5. The predicted octanol–water partition coefficient (Wildman–Crippen LogP) is 3.10. The minimum absolute atomic E-state index is 0.195. The number of halogens is 1. The lowest BCUT2D eigenvalue weighted by molar-refractivity contribution is -0.115. The standard InChI is InChI=1S/C16H17ClN6O2S/c1-9-4-10(2)14(12(17)5-9)20-15(24)11(3)26-16-22-21-13(25-16)6-23-8-18-7-19-23/h4-5,7-8,11H,6H2,1-3H3,(H,20,24). The molecule has 0 spiro atoms. The summed E-state index contributed by atoms with van der Waals surface area (Å²) in [6, 6.07) is 3.78. The van der Waals surface area contributed by atoms with Gasteiger partial charge in [-0.15, -0.1) is 10.2 Å². The number of aromatic nitrogens is 5. The molecule has 1 amide bonds. The number of anilines is 1. The van der Waals surface area contributed by atoms with Gasteiger partial charge in [-0.2, -0.15) is 5.10 Å². The second kappa shape index (κ2) is 7.88. The zero-order chi connectivity index (χ0) is 18.7. The molecular formula is C16H17ClN6O2S. The Labute approximate surface area is 159 Å². The molecule has 0 aliphatic carbocycles. The fraction of sp³-hybridized carbons (Fsp3) is 0.312. The smallest absolute Gasteiger partial charge is 0.277 e. The lowest BCUT2D eigenvalue weighted by Gasteiger charge is -2.14. The van der Waals surface area contributed by atoms with Crippen molar-refractivity contribution in [3.8, 4) is 0 Å². The van der Waals surface area contributed by atoms with Gasteiger partial charge in [-0.3, -0.25) is 4.79 Å². The van der Waals surface area contributed by atoms with Crippen molar-refractivity contribution < 1.29 is 9.21 Å². The first kappa shape index (κ1) is 18.4. The first-order chi connectivity index (χ1) is 12.4. The van der Waals surface area contributed by atoms with Gasteiger partial charge in [0.2, 0.25) is 11.8 Å². The van der Waals surface area contributed by atoms with Crippen LogP contribution < -0.4 is 5.32 Å². The maximum atomic E-state index is 12.5. The van der Waals surface area contributed by atoms with Crippen molar-refractivity contribution in [2.75, 3.05) is 5.32 Å². The van der Waals surface area contributed by atoms with E-state index in [-0.39, 0.29) is 5.91 Å². The van der Waals surface area contributed by atoms with Crippen LogP contribution in [-0.2, 0) is 11.3 Å². The molecule has 2 aromatic heterocycles. The second-order valence-corrected chi connectivity index (χ2v) is 7.44. The summed E-state index contributed by atoms with van der Waals surface area (Å²) in [6.45, 7) is 5.95. The molecule has 0 fully saturated rings. The molecule has 0 radical (unpaired) electrons. The molecule has 10 heteroatoms. The number of carbonyl (C=O) groups is 1. The quantitative estimate of drug-likeness (QED) is 0.643. The van der Waals surface area contributed by atoms with E-state index in [1.807, 2.05) is 26.0 Å². The van der Waals surface area contributed by atoms with Crippen LogP contribution in [0, 0.1) is 13.8 Å². The van der Waals surface area contributed by atoms with E-state index in [1.54, 1.807) is 17.9 Å². The van der Waals surface area contributed by atoms with Gasteiger partial charge in [0.05, 0.1) is 16.0 Å². The Kier molecular flexibility index (Phi) is 5.58. The predicted molar refractivity (Wildman–Crippen MR) is 98.3 cm³/mol. The third-order valence-corrected chi connectivity index (χ3v) is 4.77. The van der Waals surface area contributed by atoms with E-state index in [9.17, 15) is 4.79 Å². The highest BCUT2D eigenvalue weighted by atomic mass is 35.5. The summed E-state index contributed by atoms with van der Waals surface area (Å²) in [5, 5.41) is 15.1. The normalized spacial score (nSPS) is 12.2.